The Morgan fingerprint density at radius 3 is 2.86 bits per heavy atom. The highest BCUT2D eigenvalue weighted by Crippen LogP contribution is 2.20. The van der Waals surface area contributed by atoms with Crippen LogP contribution in [-0.4, -0.2) is 24.4 Å². The Kier molecular flexibility index (Phi) is 4.79. The molecular weight excluding hydrogens is 292 g/mol. The Labute approximate surface area is 126 Å². The molecule has 0 radical (unpaired) electrons. The van der Waals surface area contributed by atoms with Crippen LogP contribution < -0.4 is 10.2 Å². The van der Waals surface area contributed by atoms with E-state index in [0.29, 0.717) is 5.69 Å². The molecule has 0 atom stereocenters. The Hall–Kier alpha value is -2.53. The molecule has 0 saturated heterocycles. The van der Waals surface area contributed by atoms with Crippen LogP contribution in [0.1, 0.15) is 15.9 Å². The summed E-state index contributed by atoms with van der Waals surface area (Å²) < 4.78 is 5.11. The lowest BCUT2D eigenvalue weighted by Crippen LogP contribution is -1.99. The molecule has 0 saturated carbocycles. The summed E-state index contributed by atoms with van der Waals surface area (Å²) in [5.74, 6) is -0.348. The average molecular weight is 305 g/mol. The van der Waals surface area contributed by atoms with Gasteiger partial charge in [-0.05, 0) is 35.9 Å². The molecular formula is C15H13ClN2O3. The maximum Gasteiger partial charge on any atom is 0.337 e. The van der Waals surface area contributed by atoms with Crippen molar-refractivity contribution in [2.24, 2.45) is 5.10 Å². The summed E-state index contributed by atoms with van der Waals surface area (Å²) in [7, 11) is 1.59. The number of carboxylic acids is 1. The molecule has 0 aromatic heterocycles. The van der Waals surface area contributed by atoms with E-state index in [4.69, 9.17) is 21.4 Å². The minimum atomic E-state index is -1.08. The van der Waals surface area contributed by atoms with E-state index < -0.39 is 5.97 Å². The van der Waals surface area contributed by atoms with Gasteiger partial charge in [-0.1, -0.05) is 23.7 Å². The summed E-state index contributed by atoms with van der Waals surface area (Å²) in [6.07, 6.45) is 1.61. The van der Waals surface area contributed by atoms with Crippen LogP contribution in [0.2, 0.25) is 5.02 Å². The van der Waals surface area contributed by atoms with E-state index in [1.807, 2.05) is 24.3 Å². The number of anilines is 1. The van der Waals surface area contributed by atoms with Gasteiger partial charge in [-0.15, -0.1) is 0 Å². The SMILES string of the molecule is COc1cccc(/C=N\Nc2ccc(Cl)c(C(=O)O)c2)c1. The fourth-order valence-electron chi connectivity index (χ4n) is 1.66. The quantitative estimate of drug-likeness (QED) is 0.655. The lowest BCUT2D eigenvalue weighted by atomic mass is 10.2. The Bertz CT molecular complexity index is 686. The number of halogens is 1. The molecule has 0 heterocycles. The van der Waals surface area contributed by atoms with Crippen molar-refractivity contribution in [3.05, 3.63) is 58.6 Å². The van der Waals surface area contributed by atoms with Gasteiger partial charge >= 0.3 is 5.97 Å². The van der Waals surface area contributed by atoms with E-state index in [-0.39, 0.29) is 10.6 Å². The highest BCUT2D eigenvalue weighted by atomic mass is 35.5. The van der Waals surface area contributed by atoms with Gasteiger partial charge in [0.1, 0.15) is 5.75 Å². The smallest absolute Gasteiger partial charge is 0.337 e. The number of hydrogen-bond acceptors (Lipinski definition) is 4. The number of aromatic carboxylic acids is 1. The Morgan fingerprint density at radius 2 is 2.14 bits per heavy atom. The number of methoxy groups -OCH3 is 1. The average Bonchev–Trinajstić information content (AvgIpc) is 2.49. The van der Waals surface area contributed by atoms with Crippen molar-refractivity contribution in [3.63, 3.8) is 0 Å². The Morgan fingerprint density at radius 1 is 1.33 bits per heavy atom. The molecule has 2 rings (SSSR count). The number of rotatable bonds is 5. The van der Waals surface area contributed by atoms with Gasteiger partial charge in [0.2, 0.25) is 0 Å². The van der Waals surface area contributed by atoms with Crippen LogP contribution in [0, 0.1) is 0 Å². The maximum atomic E-state index is 11.0. The standard InChI is InChI=1S/C15H13ClN2O3/c1-21-12-4-2-3-10(7-12)9-17-18-11-5-6-14(16)13(8-11)15(19)20/h2-9,18H,1H3,(H,19,20)/b17-9-. The van der Waals surface area contributed by atoms with E-state index in [0.717, 1.165) is 11.3 Å². The number of hydrogen-bond donors (Lipinski definition) is 2. The van der Waals surface area contributed by atoms with Gasteiger partial charge < -0.3 is 9.84 Å². The number of nitrogens with one attached hydrogen (secondary N) is 1. The molecule has 0 aliphatic heterocycles. The fraction of sp³-hybridized carbons (Fsp3) is 0.0667. The number of benzene rings is 2. The molecule has 6 heteroatoms. The second-order valence-electron chi connectivity index (χ2n) is 4.15. The van der Waals surface area contributed by atoms with Gasteiger partial charge in [0.25, 0.3) is 0 Å². The molecule has 0 unspecified atom stereocenters. The zero-order valence-electron chi connectivity index (χ0n) is 11.2. The highest BCUT2D eigenvalue weighted by molar-refractivity contribution is 6.33. The van der Waals surface area contributed by atoms with Crippen molar-refractivity contribution in [3.8, 4) is 5.75 Å². The summed E-state index contributed by atoms with van der Waals surface area (Å²) in [6.45, 7) is 0. The van der Waals surface area contributed by atoms with E-state index in [1.165, 1.54) is 12.1 Å². The lowest BCUT2D eigenvalue weighted by molar-refractivity contribution is 0.0697. The molecule has 108 valence electrons. The maximum absolute atomic E-state index is 11.0. The molecule has 2 N–H and O–H groups in total. The van der Waals surface area contributed by atoms with Gasteiger partial charge in [0, 0.05) is 0 Å². The summed E-state index contributed by atoms with van der Waals surface area (Å²) >= 11 is 5.79. The van der Waals surface area contributed by atoms with Gasteiger partial charge in [-0.3, -0.25) is 5.43 Å². The molecule has 0 aliphatic carbocycles. The van der Waals surface area contributed by atoms with Gasteiger partial charge in [0.05, 0.1) is 29.6 Å². The fourth-order valence-corrected chi connectivity index (χ4v) is 1.86. The van der Waals surface area contributed by atoms with E-state index in [1.54, 1.807) is 19.4 Å². The topological polar surface area (TPSA) is 70.9 Å². The minimum Gasteiger partial charge on any atom is -0.497 e. The first-order valence-corrected chi connectivity index (χ1v) is 6.44. The summed E-state index contributed by atoms with van der Waals surface area (Å²) in [4.78, 5) is 11.0. The van der Waals surface area contributed by atoms with Crippen LogP contribution in [0.25, 0.3) is 0 Å². The largest absolute Gasteiger partial charge is 0.497 e. The number of carbonyl (C=O) groups is 1. The number of hydrazone groups is 1. The normalized spacial score (nSPS) is 10.6. The van der Waals surface area contributed by atoms with Crippen molar-refractivity contribution in [1.82, 2.24) is 0 Å². The van der Waals surface area contributed by atoms with Crippen LogP contribution in [0.15, 0.2) is 47.6 Å². The second kappa shape index (κ2) is 6.76. The molecule has 2 aromatic carbocycles. The zero-order chi connectivity index (χ0) is 15.2. The van der Waals surface area contributed by atoms with Crippen molar-refractivity contribution >= 4 is 29.5 Å². The van der Waals surface area contributed by atoms with Crippen LogP contribution in [0.4, 0.5) is 5.69 Å². The monoisotopic (exact) mass is 304 g/mol. The number of carboxylic acid groups (broad SMARTS) is 1. The van der Waals surface area contributed by atoms with Crippen LogP contribution in [0.3, 0.4) is 0 Å². The molecule has 21 heavy (non-hydrogen) atoms. The predicted octanol–water partition coefficient (Wildman–Crippen LogP) is 3.49. The zero-order valence-corrected chi connectivity index (χ0v) is 12.0. The van der Waals surface area contributed by atoms with Crippen LogP contribution in [0.5, 0.6) is 5.75 Å². The van der Waals surface area contributed by atoms with E-state index in [2.05, 4.69) is 10.5 Å². The molecule has 5 nitrogen and oxygen atoms in total. The van der Waals surface area contributed by atoms with Gasteiger partial charge in [-0.25, -0.2) is 4.79 Å². The molecule has 0 spiro atoms. The number of ether oxygens (including phenoxy) is 1. The van der Waals surface area contributed by atoms with Crippen molar-refractivity contribution < 1.29 is 14.6 Å². The van der Waals surface area contributed by atoms with Gasteiger partial charge in [0.15, 0.2) is 0 Å². The van der Waals surface area contributed by atoms with Gasteiger partial charge in [-0.2, -0.15) is 5.10 Å². The minimum absolute atomic E-state index is 0.0262. The third kappa shape index (κ3) is 3.97. The first-order valence-electron chi connectivity index (χ1n) is 6.06. The molecule has 0 amide bonds. The van der Waals surface area contributed by atoms with Crippen LogP contribution >= 0.6 is 11.6 Å². The molecule has 0 fully saturated rings. The van der Waals surface area contributed by atoms with Crippen LogP contribution in [-0.2, 0) is 0 Å². The van der Waals surface area contributed by atoms with E-state index in [9.17, 15) is 4.79 Å². The lowest BCUT2D eigenvalue weighted by Gasteiger charge is -2.04. The van der Waals surface area contributed by atoms with Crippen molar-refractivity contribution in [1.29, 1.82) is 0 Å². The molecule has 0 bridgehead atoms. The Balaban J connectivity index is 2.10. The molecule has 0 aliphatic rings. The van der Waals surface area contributed by atoms with E-state index >= 15 is 0 Å². The predicted molar refractivity (Wildman–Crippen MR) is 82.6 cm³/mol. The number of nitrogens with zero attached hydrogens (tertiary/aromatic N) is 1. The first kappa shape index (κ1) is 14.9. The third-order valence-electron chi connectivity index (χ3n) is 2.70. The highest BCUT2D eigenvalue weighted by Gasteiger charge is 2.08. The first-order chi connectivity index (χ1) is 10.1. The summed E-state index contributed by atoms with van der Waals surface area (Å²) in [6, 6.07) is 12.0. The summed E-state index contributed by atoms with van der Waals surface area (Å²) in [5, 5.41) is 13.2. The molecule has 2 aromatic rings. The van der Waals surface area contributed by atoms with Crippen molar-refractivity contribution in [2.75, 3.05) is 12.5 Å². The summed E-state index contributed by atoms with van der Waals surface area (Å²) in [5.41, 5.74) is 4.18. The van der Waals surface area contributed by atoms with Crippen molar-refractivity contribution in [2.45, 2.75) is 0 Å². The second-order valence-corrected chi connectivity index (χ2v) is 4.55. The third-order valence-corrected chi connectivity index (χ3v) is 3.03.